The second-order valence-electron chi connectivity index (χ2n) is 6.32. The van der Waals surface area contributed by atoms with E-state index < -0.39 is 11.9 Å². The van der Waals surface area contributed by atoms with E-state index in [0.717, 1.165) is 12.8 Å². The van der Waals surface area contributed by atoms with Crippen molar-refractivity contribution in [2.24, 2.45) is 17.8 Å². The SMILES string of the molecule is CC(C)CC(CCO)CNC(=O)N1CCCC(C(=O)O)C1. The zero-order chi connectivity index (χ0) is 15.8. The molecule has 0 saturated carbocycles. The lowest BCUT2D eigenvalue weighted by Crippen LogP contribution is -2.48. The molecule has 2 atom stereocenters. The van der Waals surface area contributed by atoms with Gasteiger partial charge in [0.1, 0.15) is 0 Å². The highest BCUT2D eigenvalue weighted by Gasteiger charge is 2.28. The largest absolute Gasteiger partial charge is 0.481 e. The Balaban J connectivity index is 2.42. The summed E-state index contributed by atoms with van der Waals surface area (Å²) in [7, 11) is 0. The monoisotopic (exact) mass is 300 g/mol. The maximum atomic E-state index is 12.1. The summed E-state index contributed by atoms with van der Waals surface area (Å²) in [5.41, 5.74) is 0. The van der Waals surface area contributed by atoms with E-state index in [4.69, 9.17) is 10.2 Å². The van der Waals surface area contributed by atoms with Crippen molar-refractivity contribution in [2.45, 2.75) is 39.5 Å². The van der Waals surface area contributed by atoms with E-state index in [2.05, 4.69) is 19.2 Å². The molecule has 0 aromatic carbocycles. The van der Waals surface area contributed by atoms with Crippen molar-refractivity contribution >= 4 is 12.0 Å². The smallest absolute Gasteiger partial charge is 0.317 e. The number of amides is 2. The van der Waals surface area contributed by atoms with E-state index in [-0.39, 0.29) is 25.1 Å². The zero-order valence-electron chi connectivity index (χ0n) is 13.0. The van der Waals surface area contributed by atoms with Crippen molar-refractivity contribution in [3.8, 4) is 0 Å². The molecule has 122 valence electrons. The van der Waals surface area contributed by atoms with Crippen LogP contribution in [0.4, 0.5) is 4.79 Å². The van der Waals surface area contributed by atoms with Crippen LogP contribution in [-0.4, -0.2) is 53.4 Å². The standard InChI is InChI=1S/C15H28N2O4/c1-11(2)8-12(5-7-18)9-16-15(21)17-6-3-4-13(10-17)14(19)20/h11-13,18H,3-10H2,1-2H3,(H,16,21)(H,19,20). The summed E-state index contributed by atoms with van der Waals surface area (Å²) in [5, 5.41) is 21.0. The maximum Gasteiger partial charge on any atom is 0.317 e. The predicted molar refractivity (Wildman–Crippen MR) is 80.0 cm³/mol. The Hall–Kier alpha value is -1.30. The molecular weight excluding hydrogens is 272 g/mol. The Morgan fingerprint density at radius 1 is 1.38 bits per heavy atom. The Morgan fingerprint density at radius 2 is 2.10 bits per heavy atom. The third kappa shape index (κ3) is 6.33. The van der Waals surface area contributed by atoms with Crippen molar-refractivity contribution < 1.29 is 19.8 Å². The molecule has 2 unspecified atom stereocenters. The highest BCUT2D eigenvalue weighted by Crippen LogP contribution is 2.17. The first-order chi connectivity index (χ1) is 9.93. The highest BCUT2D eigenvalue weighted by atomic mass is 16.4. The van der Waals surface area contributed by atoms with Gasteiger partial charge in [0.2, 0.25) is 0 Å². The Labute approximate surface area is 126 Å². The molecule has 1 saturated heterocycles. The number of aliphatic carboxylic acids is 1. The first-order valence-corrected chi connectivity index (χ1v) is 7.80. The van der Waals surface area contributed by atoms with Crippen LogP contribution in [0.1, 0.15) is 39.5 Å². The average molecular weight is 300 g/mol. The number of hydrogen-bond donors (Lipinski definition) is 3. The van der Waals surface area contributed by atoms with E-state index in [1.165, 1.54) is 0 Å². The molecule has 1 heterocycles. The van der Waals surface area contributed by atoms with Crippen LogP contribution in [0.5, 0.6) is 0 Å². The quantitative estimate of drug-likeness (QED) is 0.665. The van der Waals surface area contributed by atoms with Gasteiger partial charge in [0.05, 0.1) is 5.92 Å². The van der Waals surface area contributed by atoms with Crippen LogP contribution in [0.15, 0.2) is 0 Å². The number of aliphatic hydroxyl groups excluding tert-OH is 1. The van der Waals surface area contributed by atoms with Crippen LogP contribution in [0.3, 0.4) is 0 Å². The number of rotatable bonds is 7. The van der Waals surface area contributed by atoms with E-state index in [1.807, 2.05) is 0 Å². The molecule has 0 spiro atoms. The highest BCUT2D eigenvalue weighted by molar-refractivity contribution is 5.76. The summed E-state index contributed by atoms with van der Waals surface area (Å²) >= 11 is 0. The molecule has 0 aromatic rings. The Kier molecular flexibility index (Phi) is 7.50. The molecule has 1 aliphatic rings. The summed E-state index contributed by atoms with van der Waals surface area (Å²) in [5.74, 6) is -0.497. The minimum absolute atomic E-state index is 0.123. The van der Waals surface area contributed by atoms with Gasteiger partial charge in [-0.2, -0.15) is 0 Å². The van der Waals surface area contributed by atoms with Gasteiger partial charge in [0, 0.05) is 26.2 Å². The van der Waals surface area contributed by atoms with Crippen LogP contribution in [0.2, 0.25) is 0 Å². The number of carbonyl (C=O) groups excluding carboxylic acids is 1. The summed E-state index contributed by atoms with van der Waals surface area (Å²) in [4.78, 5) is 24.7. The van der Waals surface area contributed by atoms with Gasteiger partial charge in [-0.3, -0.25) is 4.79 Å². The molecule has 0 radical (unpaired) electrons. The van der Waals surface area contributed by atoms with Gasteiger partial charge in [-0.15, -0.1) is 0 Å². The molecule has 6 heteroatoms. The van der Waals surface area contributed by atoms with E-state index in [9.17, 15) is 9.59 Å². The molecule has 21 heavy (non-hydrogen) atoms. The molecule has 1 rings (SSSR count). The first kappa shape index (κ1) is 17.8. The van der Waals surface area contributed by atoms with E-state index in [1.54, 1.807) is 4.90 Å². The third-order valence-corrected chi connectivity index (χ3v) is 3.94. The van der Waals surface area contributed by atoms with Crippen LogP contribution in [-0.2, 0) is 4.79 Å². The van der Waals surface area contributed by atoms with E-state index in [0.29, 0.717) is 31.8 Å². The fraction of sp³-hybridized carbons (Fsp3) is 0.867. The number of urea groups is 1. The summed E-state index contributed by atoms with van der Waals surface area (Å²) in [6.45, 7) is 5.80. The van der Waals surface area contributed by atoms with Crippen LogP contribution in [0.25, 0.3) is 0 Å². The molecule has 3 N–H and O–H groups in total. The number of carboxylic acid groups (broad SMARTS) is 1. The zero-order valence-corrected chi connectivity index (χ0v) is 13.0. The second kappa shape index (κ2) is 8.87. The number of carbonyl (C=O) groups is 2. The normalized spacial score (nSPS) is 20.4. The topological polar surface area (TPSA) is 89.9 Å². The molecule has 2 amide bonds. The fourth-order valence-electron chi connectivity index (χ4n) is 2.86. The maximum absolute atomic E-state index is 12.1. The van der Waals surface area contributed by atoms with Gasteiger partial charge in [-0.25, -0.2) is 4.79 Å². The van der Waals surface area contributed by atoms with Crippen molar-refractivity contribution in [3.05, 3.63) is 0 Å². The first-order valence-electron chi connectivity index (χ1n) is 7.80. The summed E-state index contributed by atoms with van der Waals surface area (Å²) < 4.78 is 0. The third-order valence-electron chi connectivity index (χ3n) is 3.94. The second-order valence-corrected chi connectivity index (χ2v) is 6.32. The van der Waals surface area contributed by atoms with Gasteiger partial charge in [-0.05, 0) is 37.5 Å². The molecule has 0 aliphatic carbocycles. The van der Waals surface area contributed by atoms with Gasteiger partial charge < -0.3 is 20.4 Å². The van der Waals surface area contributed by atoms with Crippen molar-refractivity contribution in [2.75, 3.05) is 26.2 Å². The molecule has 1 fully saturated rings. The van der Waals surface area contributed by atoms with Crippen molar-refractivity contribution in [1.82, 2.24) is 10.2 Å². The van der Waals surface area contributed by atoms with E-state index >= 15 is 0 Å². The number of hydrogen-bond acceptors (Lipinski definition) is 3. The van der Waals surface area contributed by atoms with Crippen molar-refractivity contribution in [3.63, 3.8) is 0 Å². The van der Waals surface area contributed by atoms with Crippen LogP contribution in [0, 0.1) is 17.8 Å². The Bertz CT molecular complexity index is 347. The number of piperidine rings is 1. The Morgan fingerprint density at radius 3 is 2.67 bits per heavy atom. The number of aliphatic hydroxyl groups is 1. The summed E-state index contributed by atoms with van der Waals surface area (Å²) in [6, 6.07) is -0.187. The van der Waals surface area contributed by atoms with Gasteiger partial charge >= 0.3 is 12.0 Å². The fourth-order valence-corrected chi connectivity index (χ4v) is 2.86. The van der Waals surface area contributed by atoms with Crippen molar-refractivity contribution in [1.29, 1.82) is 0 Å². The molecular formula is C15H28N2O4. The molecule has 6 nitrogen and oxygen atoms in total. The number of nitrogens with one attached hydrogen (secondary N) is 1. The number of nitrogens with zero attached hydrogens (tertiary/aromatic N) is 1. The van der Waals surface area contributed by atoms with Gasteiger partial charge in [0.25, 0.3) is 0 Å². The average Bonchev–Trinajstić information content (AvgIpc) is 2.44. The van der Waals surface area contributed by atoms with Crippen LogP contribution >= 0.6 is 0 Å². The molecule has 0 aromatic heterocycles. The molecule has 0 bridgehead atoms. The lowest BCUT2D eigenvalue weighted by atomic mass is 9.94. The molecule has 1 aliphatic heterocycles. The van der Waals surface area contributed by atoms with Crippen LogP contribution < -0.4 is 5.32 Å². The lowest BCUT2D eigenvalue weighted by molar-refractivity contribution is -0.143. The minimum atomic E-state index is -0.828. The lowest BCUT2D eigenvalue weighted by Gasteiger charge is -2.31. The number of carboxylic acids is 1. The van der Waals surface area contributed by atoms with Gasteiger partial charge in [0.15, 0.2) is 0 Å². The predicted octanol–water partition coefficient (Wildman–Crippen LogP) is 1.54. The van der Waals surface area contributed by atoms with Gasteiger partial charge in [-0.1, -0.05) is 13.8 Å². The minimum Gasteiger partial charge on any atom is -0.481 e. The summed E-state index contributed by atoms with van der Waals surface area (Å²) in [6.07, 6.45) is 3.00. The number of likely N-dealkylation sites (tertiary alicyclic amines) is 1.